The lowest BCUT2D eigenvalue weighted by Crippen LogP contribution is -2.45. The first kappa shape index (κ1) is 14.7. The third-order valence-corrected chi connectivity index (χ3v) is 4.63. The van der Waals surface area contributed by atoms with E-state index in [4.69, 9.17) is 9.47 Å². The number of nitrogens with zero attached hydrogens (tertiary/aromatic N) is 1. The van der Waals surface area contributed by atoms with E-state index in [1.165, 1.54) is 0 Å². The van der Waals surface area contributed by atoms with Crippen molar-refractivity contribution in [1.82, 2.24) is 4.98 Å². The zero-order chi connectivity index (χ0) is 14.9. The number of carbonyl (C=O) groups is 1. The Balaban J connectivity index is 1.77. The molecular weight excluding hydrogens is 266 g/mol. The Kier molecular flexibility index (Phi) is 4.09. The second-order valence-electron chi connectivity index (χ2n) is 6.34. The summed E-state index contributed by atoms with van der Waals surface area (Å²) < 4.78 is 11.5. The van der Waals surface area contributed by atoms with Gasteiger partial charge in [0.1, 0.15) is 0 Å². The Bertz CT molecular complexity index is 509. The van der Waals surface area contributed by atoms with Crippen LogP contribution in [0, 0.1) is 19.8 Å². The van der Waals surface area contributed by atoms with Gasteiger partial charge in [0.25, 0.3) is 0 Å². The van der Waals surface area contributed by atoms with Crippen LogP contribution in [0.3, 0.4) is 0 Å². The van der Waals surface area contributed by atoms with Gasteiger partial charge in [-0.15, -0.1) is 0 Å². The number of carbonyl (C=O) groups excluding carboxylic acids is 1. The maximum Gasteiger partial charge on any atom is 0.166 e. The predicted octanol–water partition coefficient (Wildman–Crippen LogP) is 2.86. The number of Topliss-reactive ketones (excluding diaryl/α,β-unsaturated/α-hetero) is 1. The summed E-state index contributed by atoms with van der Waals surface area (Å²) in [4.78, 5) is 17.2. The van der Waals surface area contributed by atoms with E-state index in [9.17, 15) is 4.79 Å². The third-order valence-electron chi connectivity index (χ3n) is 4.63. The van der Waals surface area contributed by atoms with Gasteiger partial charge in [-0.3, -0.25) is 9.78 Å². The minimum absolute atomic E-state index is 0.0676. The molecule has 0 N–H and O–H groups in total. The van der Waals surface area contributed by atoms with Crippen molar-refractivity contribution in [3.63, 3.8) is 0 Å². The van der Waals surface area contributed by atoms with Crippen molar-refractivity contribution in [3.05, 3.63) is 29.1 Å². The molecule has 0 saturated carbocycles. The number of pyridine rings is 1. The lowest BCUT2D eigenvalue weighted by atomic mass is 9.78. The zero-order valence-corrected chi connectivity index (χ0v) is 12.9. The van der Waals surface area contributed by atoms with Gasteiger partial charge in [0.2, 0.25) is 0 Å². The molecule has 2 fully saturated rings. The van der Waals surface area contributed by atoms with Crippen LogP contribution in [0.15, 0.2) is 12.1 Å². The second kappa shape index (κ2) is 5.85. The first-order valence-corrected chi connectivity index (χ1v) is 7.79. The van der Waals surface area contributed by atoms with Crippen LogP contribution < -0.4 is 0 Å². The smallest absolute Gasteiger partial charge is 0.166 e. The molecule has 1 atom stereocenters. The van der Waals surface area contributed by atoms with E-state index >= 15 is 0 Å². The summed E-state index contributed by atoms with van der Waals surface area (Å²) >= 11 is 0. The number of aromatic nitrogens is 1. The highest BCUT2D eigenvalue weighted by atomic mass is 16.5. The molecular formula is C17H23NO3. The van der Waals surface area contributed by atoms with E-state index < -0.39 is 0 Å². The number of aryl methyl sites for hydroxylation is 2. The van der Waals surface area contributed by atoms with E-state index in [0.717, 1.165) is 55.8 Å². The topological polar surface area (TPSA) is 48.4 Å². The molecule has 1 aromatic heterocycles. The van der Waals surface area contributed by atoms with Crippen molar-refractivity contribution in [2.24, 2.45) is 5.92 Å². The highest BCUT2D eigenvalue weighted by molar-refractivity contribution is 5.98. The Morgan fingerprint density at radius 2 is 1.86 bits per heavy atom. The van der Waals surface area contributed by atoms with Gasteiger partial charge in [-0.2, -0.15) is 0 Å². The van der Waals surface area contributed by atoms with Crippen LogP contribution in [-0.4, -0.2) is 36.2 Å². The maximum atomic E-state index is 12.8. The van der Waals surface area contributed by atoms with Crippen LogP contribution in [0.5, 0.6) is 0 Å². The van der Waals surface area contributed by atoms with Crippen LogP contribution in [0.2, 0.25) is 0 Å². The van der Waals surface area contributed by atoms with Gasteiger partial charge < -0.3 is 9.47 Å². The molecule has 1 unspecified atom stereocenters. The quantitative estimate of drug-likeness (QED) is 0.786. The lowest BCUT2D eigenvalue weighted by Gasteiger charge is -2.42. The Labute approximate surface area is 125 Å². The molecule has 114 valence electrons. The lowest BCUT2D eigenvalue weighted by molar-refractivity contribution is -0.142. The first-order chi connectivity index (χ1) is 10.1. The summed E-state index contributed by atoms with van der Waals surface area (Å²) in [5, 5.41) is 0. The van der Waals surface area contributed by atoms with E-state index in [0.29, 0.717) is 6.61 Å². The average molecular weight is 289 g/mol. The van der Waals surface area contributed by atoms with E-state index in [1.54, 1.807) is 0 Å². The molecule has 0 aromatic carbocycles. The van der Waals surface area contributed by atoms with Gasteiger partial charge in [0, 0.05) is 42.7 Å². The second-order valence-corrected chi connectivity index (χ2v) is 6.34. The van der Waals surface area contributed by atoms with Gasteiger partial charge in [0.15, 0.2) is 5.78 Å². The van der Waals surface area contributed by atoms with Gasteiger partial charge in [-0.25, -0.2) is 0 Å². The van der Waals surface area contributed by atoms with Crippen molar-refractivity contribution < 1.29 is 14.3 Å². The van der Waals surface area contributed by atoms with Crippen molar-refractivity contribution in [1.29, 1.82) is 0 Å². The van der Waals surface area contributed by atoms with Gasteiger partial charge in [-0.1, -0.05) is 0 Å². The molecule has 21 heavy (non-hydrogen) atoms. The molecule has 3 rings (SSSR count). The fraction of sp³-hybridized carbons (Fsp3) is 0.647. The molecule has 0 amide bonds. The first-order valence-electron chi connectivity index (χ1n) is 7.79. The summed E-state index contributed by atoms with van der Waals surface area (Å²) in [7, 11) is 0. The van der Waals surface area contributed by atoms with Crippen LogP contribution in [-0.2, 0) is 9.47 Å². The Morgan fingerprint density at radius 3 is 2.52 bits per heavy atom. The Hall–Kier alpha value is -1.26. The van der Waals surface area contributed by atoms with Gasteiger partial charge >= 0.3 is 0 Å². The fourth-order valence-electron chi connectivity index (χ4n) is 3.56. The summed E-state index contributed by atoms with van der Waals surface area (Å²) in [5.74, 6) is 0.316. The average Bonchev–Trinajstić information content (AvgIpc) is 2.46. The minimum Gasteiger partial charge on any atom is -0.381 e. The fourth-order valence-corrected chi connectivity index (χ4v) is 3.56. The summed E-state index contributed by atoms with van der Waals surface area (Å²) in [6, 6.07) is 3.81. The summed E-state index contributed by atoms with van der Waals surface area (Å²) in [6.07, 6.45) is 3.47. The molecule has 0 aliphatic carbocycles. The van der Waals surface area contributed by atoms with Crippen molar-refractivity contribution in [2.45, 2.75) is 45.1 Å². The predicted molar refractivity (Wildman–Crippen MR) is 79.5 cm³/mol. The number of hydrogen-bond donors (Lipinski definition) is 0. The molecule has 2 aliphatic rings. The van der Waals surface area contributed by atoms with Crippen molar-refractivity contribution >= 4 is 5.78 Å². The number of ether oxygens (including phenoxy) is 2. The van der Waals surface area contributed by atoms with Crippen LogP contribution >= 0.6 is 0 Å². The monoisotopic (exact) mass is 289 g/mol. The van der Waals surface area contributed by atoms with Crippen LogP contribution in [0.4, 0.5) is 0 Å². The SMILES string of the molecule is Cc1cc(C(=O)C2CCOC3(CCOCC3)C2)cc(C)n1. The van der Waals surface area contributed by atoms with Crippen molar-refractivity contribution in [2.75, 3.05) is 19.8 Å². The number of hydrogen-bond acceptors (Lipinski definition) is 4. The van der Waals surface area contributed by atoms with Crippen LogP contribution in [0.1, 0.15) is 47.4 Å². The molecule has 1 spiro atoms. The third kappa shape index (κ3) is 3.16. The molecule has 4 heteroatoms. The number of ketones is 1. The number of rotatable bonds is 2. The normalized spacial score (nSPS) is 25.0. The zero-order valence-electron chi connectivity index (χ0n) is 12.9. The summed E-state index contributed by atoms with van der Waals surface area (Å²) in [5.41, 5.74) is 2.49. The largest absolute Gasteiger partial charge is 0.381 e. The van der Waals surface area contributed by atoms with Gasteiger partial charge in [-0.05, 0) is 51.7 Å². The molecule has 2 aliphatic heterocycles. The highest BCUT2D eigenvalue weighted by Gasteiger charge is 2.41. The van der Waals surface area contributed by atoms with Crippen LogP contribution in [0.25, 0.3) is 0 Å². The Morgan fingerprint density at radius 1 is 1.19 bits per heavy atom. The molecule has 2 saturated heterocycles. The molecule has 1 aromatic rings. The summed E-state index contributed by atoms with van der Waals surface area (Å²) in [6.45, 7) is 6.05. The molecule has 4 nitrogen and oxygen atoms in total. The van der Waals surface area contributed by atoms with E-state index in [1.807, 2.05) is 26.0 Å². The molecule has 0 bridgehead atoms. The standard InChI is InChI=1S/C17H23NO3/c1-12-9-15(10-13(2)18-12)16(19)14-3-6-21-17(11-14)4-7-20-8-5-17/h9-10,14H,3-8,11H2,1-2H3. The minimum atomic E-state index is -0.131. The molecule has 0 radical (unpaired) electrons. The van der Waals surface area contributed by atoms with Crippen molar-refractivity contribution in [3.8, 4) is 0 Å². The van der Waals surface area contributed by atoms with Gasteiger partial charge in [0.05, 0.1) is 5.60 Å². The highest BCUT2D eigenvalue weighted by Crippen LogP contribution is 2.38. The van der Waals surface area contributed by atoms with E-state index in [2.05, 4.69) is 4.98 Å². The maximum absolute atomic E-state index is 12.8. The molecule has 3 heterocycles. The van der Waals surface area contributed by atoms with E-state index in [-0.39, 0.29) is 17.3 Å².